The lowest BCUT2D eigenvalue weighted by Gasteiger charge is -2.27. The van der Waals surface area contributed by atoms with E-state index >= 15 is 0 Å². The smallest absolute Gasteiger partial charge is 0.0342 e. The molecule has 20 heavy (non-hydrogen) atoms. The van der Waals surface area contributed by atoms with Crippen LogP contribution >= 0.6 is 0 Å². The van der Waals surface area contributed by atoms with Gasteiger partial charge in [-0.15, -0.1) is 0 Å². The van der Waals surface area contributed by atoms with Crippen molar-refractivity contribution in [1.82, 2.24) is 5.32 Å². The third-order valence-electron chi connectivity index (χ3n) is 5.03. The number of benzene rings is 1. The summed E-state index contributed by atoms with van der Waals surface area (Å²) >= 11 is 0. The van der Waals surface area contributed by atoms with Crippen LogP contribution in [0.25, 0.3) is 0 Å². The fraction of sp³-hybridized carbons (Fsp3) is 0.667. The van der Waals surface area contributed by atoms with Gasteiger partial charge in [-0.3, -0.25) is 0 Å². The Hall–Kier alpha value is -1.02. The maximum atomic E-state index is 3.80. The molecule has 1 aliphatic carbocycles. The number of anilines is 1. The molecule has 2 fully saturated rings. The first-order valence-corrected chi connectivity index (χ1v) is 8.45. The van der Waals surface area contributed by atoms with E-state index in [9.17, 15) is 0 Å². The SMILES string of the molecule is CCCc1ccc(NC2CCCC2C2CCCN2)cc1. The van der Waals surface area contributed by atoms with Crippen molar-refractivity contribution in [3.63, 3.8) is 0 Å². The van der Waals surface area contributed by atoms with Crippen molar-refractivity contribution in [3.8, 4) is 0 Å². The van der Waals surface area contributed by atoms with Gasteiger partial charge in [0, 0.05) is 17.8 Å². The Morgan fingerprint density at radius 1 is 1.10 bits per heavy atom. The summed E-state index contributed by atoms with van der Waals surface area (Å²) in [5, 5.41) is 7.50. The minimum absolute atomic E-state index is 0.669. The fourth-order valence-corrected chi connectivity index (χ4v) is 4.00. The van der Waals surface area contributed by atoms with Crippen molar-refractivity contribution in [1.29, 1.82) is 0 Å². The quantitative estimate of drug-likeness (QED) is 0.847. The molecule has 0 spiro atoms. The lowest BCUT2D eigenvalue weighted by molar-refractivity contribution is 0.376. The van der Waals surface area contributed by atoms with Gasteiger partial charge in [-0.2, -0.15) is 0 Å². The maximum absolute atomic E-state index is 3.80. The zero-order chi connectivity index (χ0) is 13.8. The molecule has 2 heteroatoms. The van der Waals surface area contributed by atoms with E-state index < -0.39 is 0 Å². The highest BCUT2D eigenvalue weighted by Crippen LogP contribution is 2.33. The molecule has 1 aliphatic heterocycles. The Bertz CT molecular complexity index is 406. The van der Waals surface area contributed by atoms with E-state index in [1.54, 1.807) is 0 Å². The summed E-state index contributed by atoms with van der Waals surface area (Å²) in [6, 6.07) is 10.5. The highest BCUT2D eigenvalue weighted by Gasteiger charge is 2.34. The Kier molecular flexibility index (Phi) is 4.62. The average Bonchev–Trinajstić information content (AvgIpc) is 3.12. The molecule has 3 atom stereocenters. The van der Waals surface area contributed by atoms with E-state index in [-0.39, 0.29) is 0 Å². The lowest BCUT2D eigenvalue weighted by atomic mass is 9.93. The topological polar surface area (TPSA) is 24.1 Å². The largest absolute Gasteiger partial charge is 0.382 e. The summed E-state index contributed by atoms with van der Waals surface area (Å²) in [4.78, 5) is 0. The molecule has 1 heterocycles. The van der Waals surface area contributed by atoms with Crippen LogP contribution in [0.2, 0.25) is 0 Å². The minimum atomic E-state index is 0.669. The average molecular weight is 272 g/mol. The van der Waals surface area contributed by atoms with Crippen molar-refractivity contribution in [2.24, 2.45) is 5.92 Å². The van der Waals surface area contributed by atoms with E-state index in [1.807, 2.05) is 0 Å². The molecule has 1 aromatic carbocycles. The fourth-order valence-electron chi connectivity index (χ4n) is 4.00. The Morgan fingerprint density at radius 2 is 1.95 bits per heavy atom. The summed E-state index contributed by atoms with van der Waals surface area (Å²) < 4.78 is 0. The molecule has 2 nitrogen and oxygen atoms in total. The van der Waals surface area contributed by atoms with Gasteiger partial charge in [0.2, 0.25) is 0 Å². The molecule has 1 saturated carbocycles. The van der Waals surface area contributed by atoms with Gasteiger partial charge in [-0.05, 0) is 62.3 Å². The highest BCUT2D eigenvalue weighted by atomic mass is 15.0. The van der Waals surface area contributed by atoms with Crippen molar-refractivity contribution in [2.75, 3.05) is 11.9 Å². The molecule has 2 N–H and O–H groups in total. The van der Waals surface area contributed by atoms with Crippen molar-refractivity contribution >= 4 is 5.69 Å². The predicted molar refractivity (Wildman–Crippen MR) is 86.2 cm³/mol. The molecule has 110 valence electrons. The van der Waals surface area contributed by atoms with Gasteiger partial charge in [0.05, 0.1) is 0 Å². The van der Waals surface area contributed by atoms with Gasteiger partial charge in [0.1, 0.15) is 0 Å². The molecule has 0 radical (unpaired) electrons. The number of hydrogen-bond donors (Lipinski definition) is 2. The van der Waals surface area contributed by atoms with Gasteiger partial charge >= 0.3 is 0 Å². The normalized spacial score (nSPS) is 29.8. The van der Waals surface area contributed by atoms with E-state index in [2.05, 4.69) is 41.8 Å². The molecule has 1 aromatic rings. The van der Waals surface area contributed by atoms with Crippen molar-refractivity contribution < 1.29 is 0 Å². The maximum Gasteiger partial charge on any atom is 0.0342 e. The Labute approximate surface area is 123 Å². The monoisotopic (exact) mass is 272 g/mol. The summed E-state index contributed by atoms with van der Waals surface area (Å²) in [6.07, 6.45) is 9.26. The number of nitrogens with one attached hydrogen (secondary N) is 2. The molecular weight excluding hydrogens is 244 g/mol. The first kappa shape index (κ1) is 13.9. The summed E-state index contributed by atoms with van der Waals surface area (Å²) in [6.45, 7) is 3.46. The second-order valence-electron chi connectivity index (χ2n) is 6.50. The lowest BCUT2D eigenvalue weighted by Crippen LogP contribution is -2.38. The molecule has 3 rings (SSSR count). The Balaban J connectivity index is 1.60. The second kappa shape index (κ2) is 6.62. The molecule has 0 amide bonds. The van der Waals surface area contributed by atoms with Crippen LogP contribution in [-0.4, -0.2) is 18.6 Å². The third-order valence-corrected chi connectivity index (χ3v) is 5.03. The molecule has 3 unspecified atom stereocenters. The van der Waals surface area contributed by atoms with E-state index in [1.165, 1.54) is 62.7 Å². The van der Waals surface area contributed by atoms with Gasteiger partial charge in [-0.1, -0.05) is 31.9 Å². The van der Waals surface area contributed by atoms with Crippen LogP contribution in [0.15, 0.2) is 24.3 Å². The molecular formula is C18H28N2. The van der Waals surface area contributed by atoms with Crippen LogP contribution in [0.3, 0.4) is 0 Å². The molecule has 0 aromatic heterocycles. The van der Waals surface area contributed by atoms with Crippen LogP contribution in [0.5, 0.6) is 0 Å². The number of rotatable bonds is 5. The van der Waals surface area contributed by atoms with Crippen LogP contribution in [0.4, 0.5) is 5.69 Å². The summed E-state index contributed by atoms with van der Waals surface area (Å²) in [5.74, 6) is 0.827. The van der Waals surface area contributed by atoms with Crippen LogP contribution in [0.1, 0.15) is 51.0 Å². The van der Waals surface area contributed by atoms with Gasteiger partial charge < -0.3 is 10.6 Å². The second-order valence-corrected chi connectivity index (χ2v) is 6.50. The van der Waals surface area contributed by atoms with Gasteiger partial charge in [-0.25, -0.2) is 0 Å². The van der Waals surface area contributed by atoms with Crippen LogP contribution in [-0.2, 0) is 6.42 Å². The number of hydrogen-bond acceptors (Lipinski definition) is 2. The van der Waals surface area contributed by atoms with Crippen LogP contribution < -0.4 is 10.6 Å². The van der Waals surface area contributed by atoms with Gasteiger partial charge in [0.25, 0.3) is 0 Å². The van der Waals surface area contributed by atoms with E-state index in [0.717, 1.165) is 12.0 Å². The highest BCUT2D eigenvalue weighted by molar-refractivity contribution is 5.46. The standard InChI is InChI=1S/C18H28N2/c1-2-5-14-9-11-15(12-10-14)20-18-7-3-6-16(18)17-8-4-13-19-17/h9-12,16-20H,2-8,13H2,1H3. The zero-order valence-corrected chi connectivity index (χ0v) is 12.7. The van der Waals surface area contributed by atoms with Crippen molar-refractivity contribution in [3.05, 3.63) is 29.8 Å². The first-order valence-electron chi connectivity index (χ1n) is 8.45. The Morgan fingerprint density at radius 3 is 2.65 bits per heavy atom. The van der Waals surface area contributed by atoms with E-state index in [4.69, 9.17) is 0 Å². The van der Waals surface area contributed by atoms with Gasteiger partial charge in [0.15, 0.2) is 0 Å². The molecule has 2 aliphatic rings. The van der Waals surface area contributed by atoms with Crippen LogP contribution in [0, 0.1) is 5.92 Å². The number of aryl methyl sites for hydroxylation is 1. The first-order chi connectivity index (χ1) is 9.86. The molecule has 0 bridgehead atoms. The zero-order valence-electron chi connectivity index (χ0n) is 12.7. The predicted octanol–water partition coefficient (Wildman–Crippen LogP) is 3.97. The third kappa shape index (κ3) is 3.17. The summed E-state index contributed by atoms with van der Waals surface area (Å²) in [7, 11) is 0. The summed E-state index contributed by atoms with van der Waals surface area (Å²) in [5.41, 5.74) is 2.76. The van der Waals surface area contributed by atoms with E-state index in [0.29, 0.717) is 6.04 Å². The minimum Gasteiger partial charge on any atom is -0.382 e. The van der Waals surface area contributed by atoms with Crippen molar-refractivity contribution in [2.45, 2.75) is 64.0 Å². The molecule has 1 saturated heterocycles.